The largest absolute Gasteiger partial charge is 0.357 e. The first kappa shape index (κ1) is 14.7. The van der Waals surface area contributed by atoms with Crippen molar-refractivity contribution in [3.63, 3.8) is 0 Å². The van der Waals surface area contributed by atoms with Gasteiger partial charge in [0, 0.05) is 7.05 Å². The Hall–Kier alpha value is -2.73. The average Bonchev–Trinajstić information content (AvgIpc) is 2.49. The molecule has 0 amide bonds. The maximum Gasteiger partial charge on any atom is 0.265 e. The third-order valence-electron chi connectivity index (χ3n) is 2.51. The van der Waals surface area contributed by atoms with Crippen molar-refractivity contribution >= 4 is 21.7 Å². The van der Waals surface area contributed by atoms with Gasteiger partial charge in [0.2, 0.25) is 5.95 Å². The second-order valence-electron chi connectivity index (χ2n) is 3.90. The summed E-state index contributed by atoms with van der Waals surface area (Å²) in [6.45, 7) is 0. The summed E-state index contributed by atoms with van der Waals surface area (Å²) in [6, 6.07) is 4.89. The van der Waals surface area contributed by atoms with Crippen LogP contribution in [0.25, 0.3) is 0 Å². The first-order valence-corrected chi connectivity index (χ1v) is 7.17. The molecule has 0 spiro atoms. The first-order valence-electron chi connectivity index (χ1n) is 5.68. The number of benzene rings is 1. The van der Waals surface area contributed by atoms with Gasteiger partial charge in [-0.05, 0) is 18.2 Å². The molecule has 0 bridgehead atoms. The highest BCUT2D eigenvalue weighted by atomic mass is 32.2. The van der Waals surface area contributed by atoms with E-state index in [1.54, 1.807) is 13.1 Å². The topological polar surface area (TPSA) is 108 Å². The van der Waals surface area contributed by atoms with Crippen LogP contribution in [0.3, 0.4) is 0 Å². The van der Waals surface area contributed by atoms with Gasteiger partial charge < -0.3 is 5.32 Å². The van der Waals surface area contributed by atoms with Gasteiger partial charge >= 0.3 is 0 Å². The molecule has 9 heteroatoms. The summed E-state index contributed by atoms with van der Waals surface area (Å²) in [5.41, 5.74) is -0.136. The van der Waals surface area contributed by atoms with Gasteiger partial charge in [0.1, 0.15) is 16.8 Å². The fourth-order valence-electron chi connectivity index (χ4n) is 1.49. The normalized spacial score (nSPS) is 10.7. The Morgan fingerprint density at radius 1 is 1.29 bits per heavy atom. The first-order chi connectivity index (χ1) is 9.96. The van der Waals surface area contributed by atoms with E-state index >= 15 is 0 Å². The molecule has 0 radical (unpaired) electrons. The lowest BCUT2D eigenvalue weighted by Crippen LogP contribution is -2.15. The predicted octanol–water partition coefficient (Wildman–Crippen LogP) is 1.33. The van der Waals surface area contributed by atoms with Gasteiger partial charge in [0.05, 0.1) is 23.6 Å². The van der Waals surface area contributed by atoms with Crippen LogP contribution in [-0.4, -0.2) is 25.4 Å². The molecule has 2 aromatic rings. The van der Waals surface area contributed by atoms with E-state index in [4.69, 9.17) is 5.26 Å². The van der Waals surface area contributed by atoms with Crippen molar-refractivity contribution in [2.24, 2.45) is 0 Å². The Morgan fingerprint density at radius 2 is 1.95 bits per heavy atom. The van der Waals surface area contributed by atoms with Crippen LogP contribution in [0.1, 0.15) is 5.56 Å². The molecule has 2 rings (SSSR count). The zero-order valence-corrected chi connectivity index (χ0v) is 11.6. The highest BCUT2D eigenvalue weighted by Crippen LogP contribution is 2.20. The van der Waals surface area contributed by atoms with Crippen LogP contribution in [0, 0.1) is 17.1 Å². The Morgan fingerprint density at radius 3 is 2.52 bits per heavy atom. The van der Waals surface area contributed by atoms with E-state index in [2.05, 4.69) is 20.0 Å². The van der Waals surface area contributed by atoms with Crippen molar-refractivity contribution in [2.45, 2.75) is 4.90 Å². The molecule has 21 heavy (non-hydrogen) atoms. The van der Waals surface area contributed by atoms with Gasteiger partial charge in [-0.15, -0.1) is 0 Å². The monoisotopic (exact) mass is 307 g/mol. The number of aromatic nitrogens is 2. The number of rotatable bonds is 4. The Balaban J connectivity index is 2.35. The highest BCUT2D eigenvalue weighted by Gasteiger charge is 2.17. The van der Waals surface area contributed by atoms with E-state index in [-0.39, 0.29) is 22.1 Å². The lowest BCUT2D eigenvalue weighted by Gasteiger charge is -2.09. The lowest BCUT2D eigenvalue weighted by atomic mass is 10.2. The van der Waals surface area contributed by atoms with Crippen molar-refractivity contribution in [2.75, 3.05) is 17.1 Å². The standard InChI is InChI=1S/C12H10FN5O2S/c1-15-12-16-6-10(7-17-12)21(19,20)18-11-3-2-9(13)4-8(11)5-14/h2-4,6-7,18H,1H3,(H,15,16,17). The molecular formula is C12H10FN5O2S. The number of anilines is 2. The zero-order chi connectivity index (χ0) is 15.5. The van der Waals surface area contributed by atoms with Crippen molar-refractivity contribution in [3.05, 3.63) is 42.0 Å². The Kier molecular flexibility index (Phi) is 4.00. The van der Waals surface area contributed by atoms with Gasteiger partial charge in [-0.3, -0.25) is 4.72 Å². The Labute approximate surface area is 120 Å². The molecule has 0 aliphatic carbocycles. The molecule has 0 aliphatic heterocycles. The number of nitrogens with one attached hydrogen (secondary N) is 2. The number of halogens is 1. The minimum atomic E-state index is -3.96. The van der Waals surface area contributed by atoms with E-state index in [1.807, 2.05) is 0 Å². The molecule has 0 atom stereocenters. The van der Waals surface area contributed by atoms with Crippen LogP contribution >= 0.6 is 0 Å². The molecule has 0 saturated carbocycles. The number of hydrogen-bond donors (Lipinski definition) is 2. The third kappa shape index (κ3) is 3.24. The minimum Gasteiger partial charge on any atom is -0.357 e. The van der Waals surface area contributed by atoms with Gasteiger partial charge in [0.15, 0.2) is 0 Å². The Bertz CT molecular complexity index is 799. The summed E-state index contributed by atoms with van der Waals surface area (Å²) >= 11 is 0. The molecule has 0 aliphatic rings. The molecule has 1 heterocycles. The van der Waals surface area contributed by atoms with E-state index in [9.17, 15) is 12.8 Å². The molecule has 1 aromatic heterocycles. The molecule has 7 nitrogen and oxygen atoms in total. The van der Waals surface area contributed by atoms with E-state index < -0.39 is 15.8 Å². The predicted molar refractivity (Wildman–Crippen MR) is 73.5 cm³/mol. The van der Waals surface area contributed by atoms with E-state index in [1.165, 1.54) is 6.07 Å². The van der Waals surface area contributed by atoms with Crippen LogP contribution in [0.15, 0.2) is 35.5 Å². The van der Waals surface area contributed by atoms with Crippen LogP contribution in [-0.2, 0) is 10.0 Å². The quantitative estimate of drug-likeness (QED) is 0.882. The maximum atomic E-state index is 13.0. The molecule has 0 fully saturated rings. The van der Waals surface area contributed by atoms with Crippen molar-refractivity contribution in [1.82, 2.24) is 9.97 Å². The maximum absolute atomic E-state index is 13.0. The SMILES string of the molecule is CNc1ncc(S(=O)(=O)Nc2ccc(F)cc2C#N)cn1. The van der Waals surface area contributed by atoms with Gasteiger partial charge in [-0.2, -0.15) is 5.26 Å². The summed E-state index contributed by atoms with van der Waals surface area (Å²) < 4.78 is 39.5. The number of nitrogens with zero attached hydrogens (tertiary/aromatic N) is 3. The summed E-state index contributed by atoms with van der Waals surface area (Å²) in [6.07, 6.45) is 2.24. The lowest BCUT2D eigenvalue weighted by molar-refractivity contribution is 0.600. The van der Waals surface area contributed by atoms with Crippen LogP contribution < -0.4 is 10.0 Å². The van der Waals surface area contributed by atoms with E-state index in [0.29, 0.717) is 0 Å². The summed E-state index contributed by atoms with van der Waals surface area (Å²) in [5, 5.41) is 11.6. The van der Waals surface area contributed by atoms with Crippen LogP contribution in [0.5, 0.6) is 0 Å². The minimum absolute atomic E-state index is 0.0170. The number of nitriles is 1. The van der Waals surface area contributed by atoms with Gasteiger partial charge in [-0.1, -0.05) is 0 Å². The van der Waals surface area contributed by atoms with E-state index in [0.717, 1.165) is 24.5 Å². The molecule has 2 N–H and O–H groups in total. The summed E-state index contributed by atoms with van der Waals surface area (Å²) in [5.74, 6) is -0.357. The zero-order valence-electron chi connectivity index (χ0n) is 10.8. The second-order valence-corrected chi connectivity index (χ2v) is 5.58. The molecule has 0 unspecified atom stereocenters. The smallest absolute Gasteiger partial charge is 0.265 e. The fraction of sp³-hybridized carbons (Fsp3) is 0.0833. The third-order valence-corrected chi connectivity index (χ3v) is 3.83. The molecule has 108 valence electrons. The van der Waals surface area contributed by atoms with Crippen molar-refractivity contribution < 1.29 is 12.8 Å². The van der Waals surface area contributed by atoms with Crippen molar-refractivity contribution in [1.29, 1.82) is 5.26 Å². The van der Waals surface area contributed by atoms with Crippen molar-refractivity contribution in [3.8, 4) is 6.07 Å². The molecular weight excluding hydrogens is 297 g/mol. The van der Waals surface area contributed by atoms with Crippen LogP contribution in [0.2, 0.25) is 0 Å². The second kappa shape index (κ2) is 5.72. The van der Waals surface area contributed by atoms with Gasteiger partial charge in [-0.25, -0.2) is 22.8 Å². The summed E-state index contributed by atoms with van der Waals surface area (Å²) in [7, 11) is -2.36. The molecule has 0 saturated heterocycles. The fourth-order valence-corrected chi connectivity index (χ4v) is 2.45. The summed E-state index contributed by atoms with van der Waals surface area (Å²) in [4.78, 5) is 7.42. The number of hydrogen-bond acceptors (Lipinski definition) is 6. The van der Waals surface area contributed by atoms with Gasteiger partial charge in [0.25, 0.3) is 10.0 Å². The molecule has 1 aromatic carbocycles. The number of sulfonamides is 1. The van der Waals surface area contributed by atoms with Crippen LogP contribution in [0.4, 0.5) is 16.0 Å². The highest BCUT2D eigenvalue weighted by molar-refractivity contribution is 7.92. The average molecular weight is 307 g/mol.